The van der Waals surface area contributed by atoms with Crippen LogP contribution in [0.15, 0.2) is 20.9 Å². The Hall–Kier alpha value is -2.34. The quantitative estimate of drug-likeness (QED) is 0.344. The molecule has 0 aliphatic carbocycles. The zero-order valence-corrected chi connectivity index (χ0v) is 6.14. The van der Waals surface area contributed by atoms with E-state index >= 15 is 0 Å². The van der Waals surface area contributed by atoms with Crippen molar-refractivity contribution in [2.45, 2.75) is 0 Å². The predicted molar refractivity (Wildman–Crippen MR) is 41.2 cm³/mol. The molecule has 13 heavy (non-hydrogen) atoms. The fraction of sp³-hybridized carbons (Fsp3) is 0. The van der Waals surface area contributed by atoms with Crippen molar-refractivity contribution in [1.29, 1.82) is 0 Å². The van der Waals surface area contributed by atoms with E-state index in [1.807, 2.05) is 4.98 Å². The van der Waals surface area contributed by atoms with Crippen LogP contribution in [0.3, 0.4) is 0 Å². The lowest BCUT2D eigenvalue weighted by Gasteiger charge is -1.89. The minimum atomic E-state index is -1.04. The van der Waals surface area contributed by atoms with Crippen LogP contribution in [-0.4, -0.2) is 15.9 Å². The monoisotopic (exact) mass is 181 g/mol. The number of aromatic amines is 2. The lowest BCUT2D eigenvalue weighted by Crippen LogP contribution is -2.26. The molecule has 0 aliphatic heterocycles. The zero-order valence-electron chi connectivity index (χ0n) is 6.14. The van der Waals surface area contributed by atoms with Crippen LogP contribution < -0.4 is 11.2 Å². The maximum atomic E-state index is 10.9. The molecular weight excluding hydrogens is 178 g/mol. The number of nitrogens with zero attached hydrogens (tertiary/aromatic N) is 3. The van der Waals surface area contributed by atoms with Gasteiger partial charge in [-0.15, -0.1) is 0 Å². The van der Waals surface area contributed by atoms with Crippen molar-refractivity contribution in [2.24, 2.45) is 5.11 Å². The number of azide groups is 1. The summed E-state index contributed by atoms with van der Waals surface area (Å²) in [6, 6.07) is 0. The highest BCUT2D eigenvalue weighted by Gasteiger charge is 2.07. The first kappa shape index (κ1) is 8.75. The molecule has 0 spiro atoms. The van der Waals surface area contributed by atoms with E-state index in [1.165, 1.54) is 0 Å². The number of carbonyl (C=O) groups excluding carboxylic acids is 1. The molecule has 0 atom stereocenters. The summed E-state index contributed by atoms with van der Waals surface area (Å²) in [6.45, 7) is 0. The average molecular weight is 181 g/mol. The van der Waals surface area contributed by atoms with Crippen LogP contribution in [0, 0.1) is 0 Å². The smallest absolute Gasteiger partial charge is 0.313 e. The number of hydrogen-bond donors (Lipinski definition) is 2. The van der Waals surface area contributed by atoms with Gasteiger partial charge in [-0.05, 0) is 10.6 Å². The molecule has 8 nitrogen and oxygen atoms in total. The molecule has 1 heterocycles. The SMILES string of the molecule is [N-]=[N+]=NC(=O)c1c[nH]c(=O)[nH]c1=O. The Labute approximate surface area is 69.9 Å². The van der Waals surface area contributed by atoms with Gasteiger partial charge in [0.25, 0.3) is 11.5 Å². The molecule has 0 unspecified atom stereocenters. The summed E-state index contributed by atoms with van der Waals surface area (Å²) in [4.78, 5) is 38.3. The third-order valence-electron chi connectivity index (χ3n) is 1.19. The second-order valence-electron chi connectivity index (χ2n) is 1.98. The van der Waals surface area contributed by atoms with Gasteiger partial charge < -0.3 is 4.98 Å². The molecule has 1 aromatic heterocycles. The normalized spacial score (nSPS) is 8.92. The Morgan fingerprint density at radius 1 is 1.54 bits per heavy atom. The van der Waals surface area contributed by atoms with Gasteiger partial charge in [0.1, 0.15) is 5.56 Å². The number of nitrogens with one attached hydrogen (secondary N) is 2. The molecule has 0 saturated heterocycles. The number of amides is 1. The summed E-state index contributed by atoms with van der Waals surface area (Å²) in [6.07, 6.45) is 0.887. The highest BCUT2D eigenvalue weighted by atomic mass is 16.2. The molecule has 66 valence electrons. The average Bonchev–Trinajstić information content (AvgIpc) is 2.04. The molecule has 2 N–H and O–H groups in total. The Balaban J connectivity index is 3.32. The van der Waals surface area contributed by atoms with Gasteiger partial charge in [0.05, 0.1) is 0 Å². The highest BCUT2D eigenvalue weighted by Crippen LogP contribution is 1.88. The third-order valence-corrected chi connectivity index (χ3v) is 1.19. The van der Waals surface area contributed by atoms with Gasteiger partial charge in [-0.3, -0.25) is 14.6 Å². The minimum Gasteiger partial charge on any atom is -0.313 e. The number of rotatable bonds is 1. The molecule has 1 amide bonds. The van der Waals surface area contributed by atoms with Crippen LogP contribution in [0.5, 0.6) is 0 Å². The summed E-state index contributed by atoms with van der Waals surface area (Å²) in [5, 5.41) is 2.68. The van der Waals surface area contributed by atoms with Gasteiger partial charge in [-0.25, -0.2) is 4.79 Å². The van der Waals surface area contributed by atoms with Gasteiger partial charge in [-0.2, -0.15) is 0 Å². The lowest BCUT2D eigenvalue weighted by molar-refractivity contribution is 0.0998. The van der Waals surface area contributed by atoms with E-state index < -0.39 is 22.7 Å². The first-order valence-corrected chi connectivity index (χ1v) is 3.06. The van der Waals surface area contributed by atoms with Crippen LogP contribution >= 0.6 is 0 Å². The van der Waals surface area contributed by atoms with Crippen LogP contribution in [0.2, 0.25) is 0 Å². The topological polar surface area (TPSA) is 132 Å². The first-order chi connectivity index (χ1) is 6.15. The van der Waals surface area contributed by atoms with E-state index in [4.69, 9.17) is 5.53 Å². The maximum Gasteiger partial charge on any atom is 0.325 e. The van der Waals surface area contributed by atoms with Gasteiger partial charge >= 0.3 is 5.69 Å². The minimum absolute atomic E-state index is 0.405. The fourth-order valence-electron chi connectivity index (χ4n) is 0.663. The van der Waals surface area contributed by atoms with E-state index in [-0.39, 0.29) is 0 Å². The molecule has 0 aliphatic rings. The number of H-pyrrole nitrogens is 2. The van der Waals surface area contributed by atoms with Crippen molar-refractivity contribution >= 4 is 5.91 Å². The van der Waals surface area contributed by atoms with Gasteiger partial charge in [0, 0.05) is 11.1 Å². The molecule has 0 fully saturated rings. The standard InChI is InChI=1S/C5H3N5O3/c6-10-9-4(12)2-1-7-5(13)8-3(2)11/h1H,(H2,7,8,11,13). The molecule has 0 radical (unpaired) electrons. The van der Waals surface area contributed by atoms with Gasteiger partial charge in [0.15, 0.2) is 0 Å². The molecule has 0 saturated carbocycles. The van der Waals surface area contributed by atoms with Gasteiger partial charge in [-0.1, -0.05) is 0 Å². The molecule has 0 bridgehead atoms. The second-order valence-corrected chi connectivity index (χ2v) is 1.98. The van der Waals surface area contributed by atoms with Crippen molar-refractivity contribution in [2.75, 3.05) is 0 Å². The van der Waals surface area contributed by atoms with E-state index in [1.54, 1.807) is 0 Å². The van der Waals surface area contributed by atoms with Crippen molar-refractivity contribution in [3.63, 3.8) is 0 Å². The van der Waals surface area contributed by atoms with Gasteiger partial charge in [0.2, 0.25) is 0 Å². The highest BCUT2D eigenvalue weighted by molar-refractivity contribution is 5.94. The van der Waals surface area contributed by atoms with Crippen molar-refractivity contribution in [1.82, 2.24) is 9.97 Å². The van der Waals surface area contributed by atoms with E-state index in [2.05, 4.69) is 15.0 Å². The van der Waals surface area contributed by atoms with Crippen molar-refractivity contribution < 1.29 is 4.79 Å². The second kappa shape index (κ2) is 3.37. The van der Waals surface area contributed by atoms with Crippen LogP contribution in [0.25, 0.3) is 10.4 Å². The molecule has 8 heteroatoms. The molecule has 0 aromatic carbocycles. The molecule has 1 aromatic rings. The first-order valence-electron chi connectivity index (χ1n) is 3.06. The van der Waals surface area contributed by atoms with E-state index in [0.717, 1.165) is 6.20 Å². The predicted octanol–water partition coefficient (Wildman–Crippen LogP) is -0.486. The third kappa shape index (κ3) is 1.82. The van der Waals surface area contributed by atoms with Crippen LogP contribution in [0.4, 0.5) is 0 Å². The van der Waals surface area contributed by atoms with Crippen molar-refractivity contribution in [3.8, 4) is 0 Å². The zero-order chi connectivity index (χ0) is 9.84. The van der Waals surface area contributed by atoms with Crippen LogP contribution in [0.1, 0.15) is 10.4 Å². The molecule has 1 rings (SSSR count). The largest absolute Gasteiger partial charge is 0.325 e. The Morgan fingerprint density at radius 3 is 2.77 bits per heavy atom. The maximum absolute atomic E-state index is 10.9. The number of aromatic nitrogens is 2. The van der Waals surface area contributed by atoms with E-state index in [9.17, 15) is 14.4 Å². The summed E-state index contributed by atoms with van der Waals surface area (Å²) in [7, 11) is 0. The number of hydrogen-bond acceptors (Lipinski definition) is 3. The molecular formula is C5H3N5O3. The Kier molecular flexibility index (Phi) is 2.27. The summed E-state index contributed by atoms with van der Waals surface area (Å²) in [5.41, 5.74) is 5.87. The number of carbonyl (C=O) groups is 1. The summed E-state index contributed by atoms with van der Waals surface area (Å²) >= 11 is 0. The fourth-order valence-corrected chi connectivity index (χ4v) is 0.663. The Bertz CT molecular complexity index is 491. The van der Waals surface area contributed by atoms with Crippen LogP contribution in [-0.2, 0) is 0 Å². The lowest BCUT2D eigenvalue weighted by atomic mass is 10.3. The van der Waals surface area contributed by atoms with E-state index in [0.29, 0.717) is 0 Å². The van der Waals surface area contributed by atoms with Crippen molar-refractivity contribution in [3.05, 3.63) is 43.0 Å². The Morgan fingerprint density at radius 2 is 2.23 bits per heavy atom. The summed E-state index contributed by atoms with van der Waals surface area (Å²) in [5.74, 6) is -1.04. The summed E-state index contributed by atoms with van der Waals surface area (Å²) < 4.78 is 0.